The highest BCUT2D eigenvalue weighted by Gasteiger charge is 2.23. The standard InChI is InChI=1S/C18H22N2O/c1-5-19-11-9-14(2)15-7-6-8-17-16(15)10-12-21-18(17)13-20(3)4/h1,6-9,11,18H,10,12-13H2,2-4H3/b14-9+,19-11-/t18-/m1/s1. The van der Waals surface area contributed by atoms with Crippen LogP contribution in [-0.2, 0) is 11.2 Å². The fourth-order valence-electron chi connectivity index (χ4n) is 2.71. The normalized spacial score (nSPS) is 18.8. The van der Waals surface area contributed by atoms with Gasteiger partial charge in [-0.3, -0.25) is 0 Å². The Kier molecular flexibility index (Phi) is 5.32. The summed E-state index contributed by atoms with van der Waals surface area (Å²) in [5.74, 6) is 0. The van der Waals surface area contributed by atoms with Crippen molar-refractivity contribution >= 4 is 11.8 Å². The minimum Gasteiger partial charge on any atom is -0.372 e. The van der Waals surface area contributed by atoms with Crippen LogP contribution >= 0.6 is 0 Å². The average molecular weight is 282 g/mol. The van der Waals surface area contributed by atoms with Crippen LogP contribution in [0.1, 0.15) is 29.7 Å². The fraction of sp³-hybridized carbons (Fsp3) is 0.389. The molecular formula is C18H22N2O. The van der Waals surface area contributed by atoms with Gasteiger partial charge in [-0.15, -0.1) is 0 Å². The largest absolute Gasteiger partial charge is 0.372 e. The Morgan fingerprint density at radius 1 is 1.52 bits per heavy atom. The SMILES string of the molecule is C#C/N=C\C=C(/C)c1cccc2c1CCO[C@@H]2CN(C)C. The van der Waals surface area contributed by atoms with E-state index in [0.717, 1.165) is 19.6 Å². The Balaban J connectivity index is 2.36. The maximum absolute atomic E-state index is 5.93. The number of benzene rings is 1. The number of hydrogen-bond acceptors (Lipinski definition) is 3. The van der Waals surface area contributed by atoms with Crippen molar-refractivity contribution in [1.29, 1.82) is 0 Å². The van der Waals surface area contributed by atoms with Crippen molar-refractivity contribution in [3.63, 3.8) is 0 Å². The van der Waals surface area contributed by atoms with Crippen molar-refractivity contribution in [3.8, 4) is 12.5 Å². The molecule has 3 nitrogen and oxygen atoms in total. The molecule has 0 bridgehead atoms. The highest BCUT2D eigenvalue weighted by atomic mass is 16.5. The summed E-state index contributed by atoms with van der Waals surface area (Å²) in [6.45, 7) is 3.76. The topological polar surface area (TPSA) is 24.8 Å². The highest BCUT2D eigenvalue weighted by Crippen LogP contribution is 2.32. The smallest absolute Gasteiger partial charge is 0.0954 e. The lowest BCUT2D eigenvalue weighted by Crippen LogP contribution is -2.27. The quantitative estimate of drug-likeness (QED) is 0.626. The summed E-state index contributed by atoms with van der Waals surface area (Å²) in [4.78, 5) is 5.96. The number of allylic oxidation sites excluding steroid dienone is 2. The third-order valence-corrected chi connectivity index (χ3v) is 3.66. The number of aliphatic imine (C=N–C) groups is 1. The van der Waals surface area contributed by atoms with E-state index in [1.54, 1.807) is 6.21 Å². The summed E-state index contributed by atoms with van der Waals surface area (Å²) in [7, 11) is 4.14. The van der Waals surface area contributed by atoms with E-state index in [2.05, 4.69) is 55.2 Å². The molecule has 2 rings (SSSR count). The molecule has 21 heavy (non-hydrogen) atoms. The first kappa shape index (κ1) is 15.5. The summed E-state index contributed by atoms with van der Waals surface area (Å²) in [6.07, 6.45) is 9.87. The molecule has 0 amide bonds. The molecule has 1 atom stereocenters. The monoisotopic (exact) mass is 282 g/mol. The van der Waals surface area contributed by atoms with Crippen LogP contribution < -0.4 is 0 Å². The molecule has 1 aliphatic rings. The van der Waals surface area contributed by atoms with Gasteiger partial charge in [0, 0.05) is 18.8 Å². The van der Waals surface area contributed by atoms with Gasteiger partial charge in [-0.05, 0) is 55.8 Å². The van der Waals surface area contributed by atoms with Crippen LogP contribution in [0.5, 0.6) is 0 Å². The molecule has 0 N–H and O–H groups in total. The number of ether oxygens (including phenoxy) is 1. The second-order valence-corrected chi connectivity index (χ2v) is 5.50. The molecule has 0 unspecified atom stereocenters. The number of nitrogens with zero attached hydrogens (tertiary/aromatic N) is 2. The van der Waals surface area contributed by atoms with Crippen LogP contribution in [0.3, 0.4) is 0 Å². The summed E-state index contributed by atoms with van der Waals surface area (Å²) in [5, 5.41) is 0. The van der Waals surface area contributed by atoms with Crippen molar-refractivity contribution in [2.24, 2.45) is 4.99 Å². The second kappa shape index (κ2) is 7.21. The van der Waals surface area contributed by atoms with Gasteiger partial charge in [0.1, 0.15) is 0 Å². The van der Waals surface area contributed by atoms with Crippen molar-refractivity contribution in [3.05, 3.63) is 41.0 Å². The van der Waals surface area contributed by atoms with Crippen LogP contribution in [0.25, 0.3) is 5.57 Å². The summed E-state index contributed by atoms with van der Waals surface area (Å²) in [6, 6.07) is 8.70. The number of likely N-dealkylation sites (N-methyl/N-ethyl adjacent to an activating group) is 1. The highest BCUT2D eigenvalue weighted by molar-refractivity contribution is 5.85. The molecule has 1 heterocycles. The van der Waals surface area contributed by atoms with Crippen molar-refractivity contribution in [2.75, 3.05) is 27.2 Å². The van der Waals surface area contributed by atoms with Crippen molar-refractivity contribution < 1.29 is 4.74 Å². The van der Waals surface area contributed by atoms with Gasteiger partial charge >= 0.3 is 0 Å². The third kappa shape index (κ3) is 3.81. The Morgan fingerprint density at radius 3 is 3.05 bits per heavy atom. The maximum atomic E-state index is 5.93. The van der Waals surface area contributed by atoms with E-state index >= 15 is 0 Å². The molecule has 1 aromatic carbocycles. The molecule has 0 spiro atoms. The molecule has 0 aromatic heterocycles. The summed E-state index contributed by atoms with van der Waals surface area (Å²) in [5.41, 5.74) is 5.13. The van der Waals surface area contributed by atoms with Gasteiger partial charge < -0.3 is 9.64 Å². The Hall–Kier alpha value is -1.89. The third-order valence-electron chi connectivity index (χ3n) is 3.66. The summed E-state index contributed by atoms with van der Waals surface area (Å²) >= 11 is 0. The van der Waals surface area contributed by atoms with Gasteiger partial charge in [0.25, 0.3) is 0 Å². The molecule has 0 radical (unpaired) electrons. The predicted octanol–water partition coefficient (Wildman–Crippen LogP) is 2.93. The van der Waals surface area contributed by atoms with Gasteiger partial charge in [0.05, 0.1) is 12.7 Å². The van der Waals surface area contributed by atoms with E-state index in [-0.39, 0.29) is 6.10 Å². The minimum absolute atomic E-state index is 0.149. The van der Waals surface area contributed by atoms with Crippen LogP contribution in [-0.4, -0.2) is 38.4 Å². The fourth-order valence-corrected chi connectivity index (χ4v) is 2.71. The van der Waals surface area contributed by atoms with E-state index in [1.807, 2.05) is 6.08 Å². The Labute approximate surface area is 127 Å². The molecule has 110 valence electrons. The molecule has 3 heteroatoms. The van der Waals surface area contributed by atoms with Gasteiger partial charge in [-0.1, -0.05) is 24.6 Å². The number of terminal acetylenes is 1. The van der Waals surface area contributed by atoms with Gasteiger partial charge in [0.2, 0.25) is 0 Å². The lowest BCUT2D eigenvalue weighted by atomic mass is 9.89. The van der Waals surface area contributed by atoms with Crippen LogP contribution in [0.4, 0.5) is 0 Å². The van der Waals surface area contributed by atoms with Gasteiger partial charge in [0.15, 0.2) is 0 Å². The summed E-state index contributed by atoms with van der Waals surface area (Å²) < 4.78 is 5.93. The predicted molar refractivity (Wildman–Crippen MR) is 88.4 cm³/mol. The van der Waals surface area contributed by atoms with Crippen LogP contribution in [0, 0.1) is 12.5 Å². The molecule has 0 saturated carbocycles. The van der Waals surface area contributed by atoms with Crippen LogP contribution in [0.2, 0.25) is 0 Å². The van der Waals surface area contributed by atoms with Gasteiger partial charge in [-0.25, -0.2) is 4.99 Å². The van der Waals surface area contributed by atoms with E-state index in [0.29, 0.717) is 0 Å². The minimum atomic E-state index is 0.149. The lowest BCUT2D eigenvalue weighted by molar-refractivity contribution is 0.0254. The first-order chi connectivity index (χ1) is 10.1. The first-order valence-electron chi connectivity index (χ1n) is 7.17. The van der Waals surface area contributed by atoms with E-state index in [9.17, 15) is 0 Å². The molecular weight excluding hydrogens is 260 g/mol. The second-order valence-electron chi connectivity index (χ2n) is 5.50. The van der Waals surface area contributed by atoms with E-state index in [4.69, 9.17) is 11.2 Å². The zero-order valence-corrected chi connectivity index (χ0v) is 13.0. The van der Waals surface area contributed by atoms with Crippen molar-refractivity contribution in [2.45, 2.75) is 19.4 Å². The zero-order chi connectivity index (χ0) is 15.2. The Bertz CT molecular complexity index is 594. The average Bonchev–Trinajstić information content (AvgIpc) is 2.46. The Morgan fingerprint density at radius 2 is 2.33 bits per heavy atom. The lowest BCUT2D eigenvalue weighted by Gasteiger charge is -2.30. The molecule has 1 aliphatic heterocycles. The van der Waals surface area contributed by atoms with E-state index < -0.39 is 0 Å². The van der Waals surface area contributed by atoms with E-state index in [1.165, 1.54) is 22.3 Å². The maximum Gasteiger partial charge on any atom is 0.0954 e. The van der Waals surface area contributed by atoms with Crippen molar-refractivity contribution in [1.82, 2.24) is 4.90 Å². The number of rotatable bonds is 4. The van der Waals surface area contributed by atoms with Gasteiger partial charge in [-0.2, -0.15) is 0 Å². The number of fused-ring (bicyclic) bond motifs is 1. The molecule has 0 fully saturated rings. The first-order valence-corrected chi connectivity index (χ1v) is 7.17. The van der Waals surface area contributed by atoms with Crippen LogP contribution in [0.15, 0.2) is 29.3 Å². The zero-order valence-electron chi connectivity index (χ0n) is 13.0. The molecule has 0 saturated heterocycles. The molecule has 1 aromatic rings. The molecule has 0 aliphatic carbocycles. The number of hydrogen-bond donors (Lipinski definition) is 0.